The van der Waals surface area contributed by atoms with Gasteiger partial charge in [-0.3, -0.25) is 4.79 Å². The number of thiophene rings is 1. The summed E-state index contributed by atoms with van der Waals surface area (Å²) >= 11 is 9.01. The number of carbonyl (C=O) groups excluding carboxylic acids is 1. The molecule has 1 aliphatic rings. The van der Waals surface area contributed by atoms with Gasteiger partial charge in [0.15, 0.2) is 0 Å². The predicted octanol–water partition coefficient (Wildman–Crippen LogP) is 4.44. The average molecular weight is 384 g/mol. The van der Waals surface area contributed by atoms with Gasteiger partial charge in [-0.25, -0.2) is 4.98 Å². The quantitative estimate of drug-likeness (QED) is 0.830. The van der Waals surface area contributed by atoms with Crippen LogP contribution >= 0.6 is 34.3 Å². The van der Waals surface area contributed by atoms with Crippen molar-refractivity contribution in [2.75, 3.05) is 19.6 Å². The van der Waals surface area contributed by atoms with E-state index in [1.807, 2.05) is 19.1 Å². The Morgan fingerprint density at radius 3 is 2.75 bits per heavy atom. The summed E-state index contributed by atoms with van der Waals surface area (Å²) in [5, 5.41) is 4.25. The number of aromatic nitrogens is 1. The highest BCUT2D eigenvalue weighted by Gasteiger charge is 2.28. The third-order valence-electron chi connectivity index (χ3n) is 4.25. The second kappa shape index (κ2) is 7.95. The summed E-state index contributed by atoms with van der Waals surface area (Å²) in [6.07, 6.45) is 3.02. The van der Waals surface area contributed by atoms with Crippen LogP contribution in [0.5, 0.6) is 0 Å². The van der Waals surface area contributed by atoms with Crippen molar-refractivity contribution in [2.24, 2.45) is 0 Å². The molecule has 24 heavy (non-hydrogen) atoms. The Hall–Kier alpha value is -0.950. The number of nitrogens with one attached hydrogen (secondary N) is 1. The van der Waals surface area contributed by atoms with Crippen LogP contribution in [0.25, 0.3) is 9.88 Å². The lowest BCUT2D eigenvalue weighted by Gasteiger charge is -2.34. The fraction of sp³-hybridized carbons (Fsp3) is 0.529. The van der Waals surface area contributed by atoms with E-state index < -0.39 is 0 Å². The maximum Gasteiger partial charge on any atom is 0.266 e. The lowest BCUT2D eigenvalue weighted by atomic mass is 10.0. The van der Waals surface area contributed by atoms with Crippen LogP contribution in [0, 0.1) is 6.92 Å². The number of hydrogen-bond donors (Lipinski definition) is 1. The molecule has 3 rings (SSSR count). The van der Waals surface area contributed by atoms with Crippen molar-refractivity contribution in [2.45, 2.75) is 39.2 Å². The molecule has 0 aliphatic carbocycles. The summed E-state index contributed by atoms with van der Waals surface area (Å²) in [7, 11) is 0. The Labute approximate surface area is 155 Å². The summed E-state index contributed by atoms with van der Waals surface area (Å²) < 4.78 is 0.744. The van der Waals surface area contributed by atoms with E-state index in [0.29, 0.717) is 6.04 Å². The van der Waals surface area contributed by atoms with E-state index in [1.54, 1.807) is 0 Å². The number of piperidine rings is 1. The molecule has 1 saturated heterocycles. The number of amides is 1. The SMILES string of the molecule is CCCN(C(=O)c1sc(-c2ccc(Cl)s2)nc1C)C1CCNCC1. The number of rotatable bonds is 5. The Balaban J connectivity index is 1.85. The van der Waals surface area contributed by atoms with Gasteiger partial charge in [-0.1, -0.05) is 18.5 Å². The lowest BCUT2D eigenvalue weighted by Crippen LogP contribution is -2.46. The summed E-state index contributed by atoms with van der Waals surface area (Å²) in [5.74, 6) is 0.132. The molecule has 0 radical (unpaired) electrons. The molecular formula is C17H22ClN3OS2. The van der Waals surface area contributed by atoms with Gasteiger partial charge in [0.2, 0.25) is 0 Å². The molecule has 0 spiro atoms. The zero-order valence-electron chi connectivity index (χ0n) is 14.0. The number of hydrogen-bond acceptors (Lipinski definition) is 5. The zero-order valence-corrected chi connectivity index (χ0v) is 16.4. The van der Waals surface area contributed by atoms with Gasteiger partial charge in [0.05, 0.1) is 14.9 Å². The molecule has 1 N–H and O–H groups in total. The molecule has 4 nitrogen and oxygen atoms in total. The molecule has 2 aromatic heterocycles. The van der Waals surface area contributed by atoms with Crippen molar-refractivity contribution in [1.82, 2.24) is 15.2 Å². The number of halogens is 1. The molecule has 0 aromatic carbocycles. The highest BCUT2D eigenvalue weighted by atomic mass is 35.5. The first-order valence-electron chi connectivity index (χ1n) is 8.35. The van der Waals surface area contributed by atoms with Gasteiger partial charge in [-0.15, -0.1) is 22.7 Å². The lowest BCUT2D eigenvalue weighted by molar-refractivity contribution is 0.0646. The number of nitrogens with zero attached hydrogens (tertiary/aromatic N) is 2. The van der Waals surface area contributed by atoms with Gasteiger partial charge in [-0.2, -0.15) is 0 Å². The predicted molar refractivity (Wildman–Crippen MR) is 102 cm³/mol. The van der Waals surface area contributed by atoms with Gasteiger partial charge < -0.3 is 10.2 Å². The molecule has 1 aliphatic heterocycles. The number of thiazole rings is 1. The summed E-state index contributed by atoms with van der Waals surface area (Å²) in [6, 6.07) is 4.17. The molecule has 0 saturated carbocycles. The van der Waals surface area contributed by atoms with E-state index >= 15 is 0 Å². The first-order chi connectivity index (χ1) is 11.6. The van der Waals surface area contributed by atoms with Crippen molar-refractivity contribution in [3.63, 3.8) is 0 Å². The molecule has 1 amide bonds. The minimum Gasteiger partial charge on any atom is -0.335 e. The zero-order chi connectivity index (χ0) is 17.1. The standard InChI is InChI=1S/C17H22ClN3OS2/c1-3-10-21(12-6-8-19-9-7-12)17(22)15-11(2)20-16(24-15)13-4-5-14(18)23-13/h4-5,12,19H,3,6-10H2,1-2H3. The van der Waals surface area contributed by atoms with E-state index in [9.17, 15) is 4.79 Å². The van der Waals surface area contributed by atoms with Crippen molar-refractivity contribution < 1.29 is 4.79 Å². The van der Waals surface area contributed by atoms with E-state index in [0.717, 1.165) is 63.7 Å². The fourth-order valence-corrected chi connectivity index (χ4v) is 5.19. The highest BCUT2D eigenvalue weighted by Crippen LogP contribution is 2.35. The minimum atomic E-state index is 0.132. The molecule has 130 valence electrons. The van der Waals surface area contributed by atoms with Crippen LogP contribution in [0.2, 0.25) is 4.34 Å². The number of carbonyl (C=O) groups is 1. The van der Waals surface area contributed by atoms with Crippen LogP contribution in [0.3, 0.4) is 0 Å². The Kier molecular flexibility index (Phi) is 5.92. The molecular weight excluding hydrogens is 362 g/mol. The minimum absolute atomic E-state index is 0.132. The second-order valence-electron chi connectivity index (χ2n) is 6.02. The first kappa shape index (κ1) is 17.9. The third kappa shape index (κ3) is 3.82. The maximum absolute atomic E-state index is 13.2. The van der Waals surface area contributed by atoms with Crippen LogP contribution in [0.4, 0.5) is 0 Å². The molecule has 3 heterocycles. The van der Waals surface area contributed by atoms with Gasteiger partial charge in [-0.05, 0) is 51.4 Å². The van der Waals surface area contributed by atoms with Crippen LogP contribution in [-0.2, 0) is 0 Å². The van der Waals surface area contributed by atoms with Crippen molar-refractivity contribution in [3.05, 3.63) is 27.0 Å². The molecule has 1 fully saturated rings. The van der Waals surface area contributed by atoms with Crippen molar-refractivity contribution >= 4 is 40.2 Å². The topological polar surface area (TPSA) is 45.2 Å². The molecule has 2 aromatic rings. The molecule has 7 heteroatoms. The van der Waals surface area contributed by atoms with E-state index in [4.69, 9.17) is 11.6 Å². The van der Waals surface area contributed by atoms with Crippen LogP contribution in [-0.4, -0.2) is 41.5 Å². The van der Waals surface area contributed by atoms with Crippen LogP contribution in [0.15, 0.2) is 12.1 Å². The molecule has 0 atom stereocenters. The highest BCUT2D eigenvalue weighted by molar-refractivity contribution is 7.24. The van der Waals surface area contributed by atoms with Gasteiger partial charge in [0.25, 0.3) is 5.91 Å². The van der Waals surface area contributed by atoms with Gasteiger partial charge in [0, 0.05) is 12.6 Å². The third-order valence-corrected chi connectivity index (χ3v) is 6.80. The summed E-state index contributed by atoms with van der Waals surface area (Å²) in [4.78, 5) is 21.6. The normalized spacial score (nSPS) is 15.6. The smallest absolute Gasteiger partial charge is 0.266 e. The average Bonchev–Trinajstić information content (AvgIpc) is 3.18. The summed E-state index contributed by atoms with van der Waals surface area (Å²) in [5.41, 5.74) is 0.819. The van der Waals surface area contributed by atoms with Crippen LogP contribution < -0.4 is 5.32 Å². The summed E-state index contributed by atoms with van der Waals surface area (Å²) in [6.45, 7) is 6.83. The number of aryl methyl sites for hydroxylation is 1. The van der Waals surface area contributed by atoms with E-state index in [1.165, 1.54) is 22.7 Å². The van der Waals surface area contributed by atoms with E-state index in [-0.39, 0.29) is 5.91 Å². The monoisotopic (exact) mass is 383 g/mol. The van der Waals surface area contributed by atoms with Crippen molar-refractivity contribution in [1.29, 1.82) is 0 Å². The largest absolute Gasteiger partial charge is 0.335 e. The van der Waals surface area contributed by atoms with E-state index in [2.05, 4.69) is 22.1 Å². The second-order valence-corrected chi connectivity index (χ2v) is 8.73. The Morgan fingerprint density at radius 2 is 2.12 bits per heavy atom. The van der Waals surface area contributed by atoms with Gasteiger partial charge in [0.1, 0.15) is 9.88 Å². The molecule has 0 unspecified atom stereocenters. The Morgan fingerprint density at radius 1 is 1.38 bits per heavy atom. The van der Waals surface area contributed by atoms with Crippen molar-refractivity contribution in [3.8, 4) is 9.88 Å². The molecule has 0 bridgehead atoms. The maximum atomic E-state index is 13.2. The van der Waals surface area contributed by atoms with Gasteiger partial charge >= 0.3 is 0 Å². The van der Waals surface area contributed by atoms with Crippen LogP contribution in [0.1, 0.15) is 41.6 Å². The Bertz CT molecular complexity index is 707. The first-order valence-corrected chi connectivity index (χ1v) is 10.4. The fourth-order valence-electron chi connectivity index (χ4n) is 3.07.